The highest BCUT2D eigenvalue weighted by molar-refractivity contribution is 7.89. The minimum absolute atomic E-state index is 0.221. The topological polar surface area (TPSA) is 58.2 Å². The molecule has 1 aliphatic carbocycles. The largest absolute Gasteiger partial charge is 0.316 e. The van der Waals surface area contributed by atoms with Gasteiger partial charge >= 0.3 is 0 Å². The van der Waals surface area contributed by atoms with Gasteiger partial charge in [0.05, 0.1) is 4.90 Å². The summed E-state index contributed by atoms with van der Waals surface area (Å²) >= 11 is 0. The van der Waals surface area contributed by atoms with Gasteiger partial charge in [0.25, 0.3) is 0 Å². The van der Waals surface area contributed by atoms with E-state index < -0.39 is 10.0 Å². The fourth-order valence-corrected chi connectivity index (χ4v) is 4.32. The predicted octanol–water partition coefficient (Wildman–Crippen LogP) is 2.57. The molecule has 1 saturated carbocycles. The predicted molar refractivity (Wildman–Crippen MR) is 85.7 cm³/mol. The van der Waals surface area contributed by atoms with Gasteiger partial charge in [-0.15, -0.1) is 0 Å². The van der Waals surface area contributed by atoms with E-state index in [-0.39, 0.29) is 5.41 Å². The third kappa shape index (κ3) is 3.84. The molecule has 2 rings (SSSR count). The summed E-state index contributed by atoms with van der Waals surface area (Å²) in [5.74, 6) is 0. The van der Waals surface area contributed by atoms with Crippen molar-refractivity contribution in [2.24, 2.45) is 5.41 Å². The van der Waals surface area contributed by atoms with Crippen LogP contribution in [-0.2, 0) is 16.6 Å². The Balaban J connectivity index is 2.14. The Morgan fingerprint density at radius 3 is 2.57 bits per heavy atom. The van der Waals surface area contributed by atoms with Gasteiger partial charge in [-0.05, 0) is 55.8 Å². The van der Waals surface area contributed by atoms with E-state index in [4.69, 9.17) is 0 Å². The van der Waals surface area contributed by atoms with Gasteiger partial charge in [-0.3, -0.25) is 0 Å². The molecule has 21 heavy (non-hydrogen) atoms. The zero-order valence-electron chi connectivity index (χ0n) is 13.2. The molecule has 0 aromatic heterocycles. The van der Waals surface area contributed by atoms with Crippen LogP contribution < -0.4 is 10.0 Å². The van der Waals surface area contributed by atoms with Crippen molar-refractivity contribution < 1.29 is 8.42 Å². The monoisotopic (exact) mass is 310 g/mol. The number of hydrogen-bond donors (Lipinski definition) is 2. The first-order chi connectivity index (χ1) is 9.94. The quantitative estimate of drug-likeness (QED) is 0.776. The molecular weight excluding hydrogens is 284 g/mol. The van der Waals surface area contributed by atoms with Crippen LogP contribution in [-0.4, -0.2) is 22.0 Å². The summed E-state index contributed by atoms with van der Waals surface area (Å²) in [4.78, 5) is 0.405. The molecule has 0 radical (unpaired) electrons. The number of sulfonamides is 1. The summed E-state index contributed by atoms with van der Waals surface area (Å²) in [6.45, 7) is 5.27. The van der Waals surface area contributed by atoms with Crippen LogP contribution in [0.2, 0.25) is 0 Å². The average molecular weight is 310 g/mol. The third-order valence-electron chi connectivity index (χ3n) is 4.43. The average Bonchev–Trinajstić information content (AvgIpc) is 3.20. The summed E-state index contributed by atoms with van der Waals surface area (Å²) in [6.07, 6.45) is 4.50. The molecule has 0 amide bonds. The van der Waals surface area contributed by atoms with Crippen LogP contribution in [0.3, 0.4) is 0 Å². The van der Waals surface area contributed by atoms with Gasteiger partial charge in [-0.1, -0.05) is 25.5 Å². The molecule has 1 aliphatic rings. The maximum atomic E-state index is 12.6. The summed E-state index contributed by atoms with van der Waals surface area (Å²) in [5.41, 5.74) is 2.08. The molecule has 1 fully saturated rings. The lowest BCUT2D eigenvalue weighted by atomic mass is 10.0. The van der Waals surface area contributed by atoms with Crippen molar-refractivity contribution in [3.8, 4) is 0 Å². The Morgan fingerprint density at radius 1 is 1.29 bits per heavy atom. The van der Waals surface area contributed by atoms with Gasteiger partial charge in [0, 0.05) is 13.1 Å². The van der Waals surface area contributed by atoms with Crippen LogP contribution in [0.4, 0.5) is 0 Å². The zero-order chi connectivity index (χ0) is 15.5. The van der Waals surface area contributed by atoms with Crippen molar-refractivity contribution in [3.05, 3.63) is 29.3 Å². The van der Waals surface area contributed by atoms with E-state index in [1.165, 1.54) is 0 Å². The number of benzene rings is 1. The third-order valence-corrected chi connectivity index (χ3v) is 5.97. The number of rotatable bonds is 8. The molecule has 0 unspecified atom stereocenters. The molecule has 5 heteroatoms. The highest BCUT2D eigenvalue weighted by Gasteiger charge is 2.42. The van der Waals surface area contributed by atoms with Crippen molar-refractivity contribution in [2.45, 2.75) is 51.0 Å². The van der Waals surface area contributed by atoms with Crippen molar-refractivity contribution in [3.63, 3.8) is 0 Å². The lowest BCUT2D eigenvalue weighted by Crippen LogP contribution is -2.31. The van der Waals surface area contributed by atoms with E-state index in [1.54, 1.807) is 6.07 Å². The van der Waals surface area contributed by atoms with E-state index in [0.29, 0.717) is 18.0 Å². The van der Waals surface area contributed by atoms with E-state index in [0.717, 1.165) is 36.8 Å². The first-order valence-corrected chi connectivity index (χ1v) is 9.15. The van der Waals surface area contributed by atoms with Crippen molar-refractivity contribution >= 4 is 10.0 Å². The second-order valence-electron chi connectivity index (χ2n) is 6.15. The van der Waals surface area contributed by atoms with Crippen LogP contribution in [0.5, 0.6) is 0 Å². The standard InChI is InChI=1S/C16H26N2O2S/c1-4-8-16(9-10-16)12-18-21(19,20)15-7-5-6-14(11-17-3)13(15)2/h5-7,17-18H,4,8-12H2,1-3H3. The van der Waals surface area contributed by atoms with Gasteiger partial charge in [0.2, 0.25) is 10.0 Å². The van der Waals surface area contributed by atoms with Crippen LogP contribution in [0.15, 0.2) is 23.1 Å². The van der Waals surface area contributed by atoms with E-state index in [9.17, 15) is 8.42 Å². The molecule has 0 bridgehead atoms. The molecule has 0 aliphatic heterocycles. The van der Waals surface area contributed by atoms with Crippen molar-refractivity contribution in [1.82, 2.24) is 10.0 Å². The molecule has 4 nitrogen and oxygen atoms in total. The second-order valence-corrected chi connectivity index (χ2v) is 7.88. The smallest absolute Gasteiger partial charge is 0.240 e. The molecule has 118 valence electrons. The Bertz CT molecular complexity index is 592. The Morgan fingerprint density at radius 2 is 2.00 bits per heavy atom. The molecular formula is C16H26N2O2S. The zero-order valence-corrected chi connectivity index (χ0v) is 14.0. The van der Waals surface area contributed by atoms with Crippen LogP contribution in [0.25, 0.3) is 0 Å². The van der Waals surface area contributed by atoms with E-state index in [2.05, 4.69) is 17.0 Å². The normalized spacial score (nSPS) is 16.9. The van der Waals surface area contributed by atoms with E-state index in [1.807, 2.05) is 26.1 Å². The summed E-state index contributed by atoms with van der Waals surface area (Å²) in [5, 5.41) is 3.07. The Hall–Kier alpha value is -0.910. The highest BCUT2D eigenvalue weighted by Crippen LogP contribution is 2.49. The maximum Gasteiger partial charge on any atom is 0.240 e. The summed E-state index contributed by atoms with van der Waals surface area (Å²) < 4.78 is 27.9. The Kier molecular flexibility index (Phi) is 5.07. The van der Waals surface area contributed by atoms with Gasteiger partial charge < -0.3 is 5.32 Å². The highest BCUT2D eigenvalue weighted by atomic mass is 32.2. The molecule has 0 heterocycles. The van der Waals surface area contributed by atoms with Crippen LogP contribution in [0.1, 0.15) is 43.7 Å². The summed E-state index contributed by atoms with van der Waals surface area (Å²) in [6, 6.07) is 5.47. The second kappa shape index (κ2) is 6.46. The number of hydrogen-bond acceptors (Lipinski definition) is 3. The lowest BCUT2D eigenvalue weighted by molar-refractivity contribution is 0.449. The number of nitrogens with one attached hydrogen (secondary N) is 2. The summed E-state index contributed by atoms with van der Waals surface area (Å²) in [7, 11) is -1.56. The maximum absolute atomic E-state index is 12.6. The fraction of sp³-hybridized carbons (Fsp3) is 0.625. The van der Waals surface area contributed by atoms with Gasteiger partial charge in [0.1, 0.15) is 0 Å². The van der Waals surface area contributed by atoms with Crippen molar-refractivity contribution in [1.29, 1.82) is 0 Å². The van der Waals surface area contributed by atoms with Crippen LogP contribution >= 0.6 is 0 Å². The fourth-order valence-electron chi connectivity index (χ4n) is 2.88. The molecule has 0 spiro atoms. The van der Waals surface area contributed by atoms with Gasteiger partial charge in [-0.2, -0.15) is 0 Å². The first-order valence-electron chi connectivity index (χ1n) is 7.67. The van der Waals surface area contributed by atoms with Gasteiger partial charge in [-0.25, -0.2) is 13.1 Å². The van der Waals surface area contributed by atoms with Crippen molar-refractivity contribution in [2.75, 3.05) is 13.6 Å². The Labute approximate surface area is 128 Å². The molecule has 1 aromatic rings. The molecule has 2 N–H and O–H groups in total. The van der Waals surface area contributed by atoms with Gasteiger partial charge in [0.15, 0.2) is 0 Å². The van der Waals surface area contributed by atoms with E-state index >= 15 is 0 Å². The molecule has 0 saturated heterocycles. The minimum atomic E-state index is -3.42. The molecule has 0 atom stereocenters. The first kappa shape index (κ1) is 16.5. The lowest BCUT2D eigenvalue weighted by Gasteiger charge is -2.17. The van der Waals surface area contributed by atoms with Crippen LogP contribution in [0, 0.1) is 12.3 Å². The SMILES string of the molecule is CCCC1(CNS(=O)(=O)c2cccc(CNC)c2C)CC1. The molecule has 1 aromatic carbocycles. The minimum Gasteiger partial charge on any atom is -0.316 e.